The maximum Gasteiger partial charge on any atom is 0.240 e. The Morgan fingerprint density at radius 3 is 2.19 bits per heavy atom. The van der Waals surface area contributed by atoms with Gasteiger partial charge in [-0.3, -0.25) is 0 Å². The molecule has 3 N–H and O–H groups in total. The zero-order valence-corrected chi connectivity index (χ0v) is 10.2. The molecule has 16 heavy (non-hydrogen) atoms. The molecule has 0 saturated heterocycles. The molecule has 0 bridgehead atoms. The van der Waals surface area contributed by atoms with E-state index in [1.54, 1.807) is 12.1 Å². The third-order valence-corrected chi connectivity index (χ3v) is 4.12. The fourth-order valence-corrected chi connectivity index (χ4v) is 3.19. The number of hydrogen-bond donors (Lipinski definition) is 2. The van der Waals surface area contributed by atoms with Gasteiger partial charge in [0.25, 0.3) is 0 Å². The van der Waals surface area contributed by atoms with Gasteiger partial charge in [0, 0.05) is 12.1 Å². The number of sulfonamides is 1. The van der Waals surface area contributed by atoms with Crippen molar-refractivity contribution in [1.82, 2.24) is 4.72 Å². The van der Waals surface area contributed by atoms with E-state index in [0.29, 0.717) is 4.90 Å². The van der Waals surface area contributed by atoms with Crippen molar-refractivity contribution < 1.29 is 8.42 Å². The fraction of sp³-hybridized carbons (Fsp3) is 0.455. The number of rotatable bonds is 3. The summed E-state index contributed by atoms with van der Waals surface area (Å²) in [5, 5.41) is 0. The second-order valence-electron chi connectivity index (χ2n) is 4.45. The molecular weight excluding hydrogens is 224 g/mol. The Balaban J connectivity index is 2.28. The lowest BCUT2D eigenvalue weighted by atomic mass is 10.2. The van der Waals surface area contributed by atoms with Crippen molar-refractivity contribution >= 4 is 10.0 Å². The van der Waals surface area contributed by atoms with Gasteiger partial charge in [0.2, 0.25) is 10.0 Å². The van der Waals surface area contributed by atoms with E-state index in [1.165, 1.54) is 0 Å². The number of nitrogens with two attached hydrogens (primary N) is 1. The van der Waals surface area contributed by atoms with Gasteiger partial charge in [0.1, 0.15) is 0 Å². The summed E-state index contributed by atoms with van der Waals surface area (Å²) in [6, 6.07) is 5.17. The minimum atomic E-state index is -3.40. The smallest absolute Gasteiger partial charge is 0.240 e. The second kappa shape index (κ2) is 3.84. The molecule has 4 nitrogen and oxygen atoms in total. The topological polar surface area (TPSA) is 72.2 Å². The average molecular weight is 240 g/mol. The molecule has 2 unspecified atom stereocenters. The van der Waals surface area contributed by atoms with Crippen LogP contribution >= 0.6 is 0 Å². The first-order chi connectivity index (χ1) is 7.38. The monoisotopic (exact) mass is 240 g/mol. The van der Waals surface area contributed by atoms with E-state index in [0.717, 1.165) is 17.5 Å². The molecule has 1 aromatic rings. The van der Waals surface area contributed by atoms with Crippen molar-refractivity contribution in [2.75, 3.05) is 0 Å². The quantitative estimate of drug-likeness (QED) is 0.816. The molecule has 1 saturated carbocycles. The van der Waals surface area contributed by atoms with Crippen molar-refractivity contribution in [2.45, 2.75) is 37.2 Å². The summed E-state index contributed by atoms with van der Waals surface area (Å²) in [6.45, 7) is 3.77. The number of hydrogen-bond acceptors (Lipinski definition) is 3. The van der Waals surface area contributed by atoms with Gasteiger partial charge in [-0.2, -0.15) is 0 Å². The lowest BCUT2D eigenvalue weighted by molar-refractivity contribution is 0.579. The van der Waals surface area contributed by atoms with Gasteiger partial charge in [-0.25, -0.2) is 13.1 Å². The number of aryl methyl sites for hydroxylation is 2. The molecule has 0 aromatic heterocycles. The zero-order chi connectivity index (χ0) is 11.9. The minimum absolute atomic E-state index is 0.0271. The Kier molecular flexibility index (Phi) is 2.77. The summed E-state index contributed by atoms with van der Waals surface area (Å²) in [5.41, 5.74) is 7.47. The van der Waals surface area contributed by atoms with Gasteiger partial charge < -0.3 is 5.73 Å². The first-order valence-corrected chi connectivity index (χ1v) is 6.73. The maximum absolute atomic E-state index is 12.0. The van der Waals surface area contributed by atoms with E-state index in [4.69, 9.17) is 5.73 Å². The molecule has 1 aliphatic rings. The van der Waals surface area contributed by atoms with Crippen LogP contribution in [0.2, 0.25) is 0 Å². The van der Waals surface area contributed by atoms with E-state index >= 15 is 0 Å². The van der Waals surface area contributed by atoms with Gasteiger partial charge in [0.15, 0.2) is 0 Å². The molecule has 5 heteroatoms. The Morgan fingerprint density at radius 2 is 1.75 bits per heavy atom. The van der Waals surface area contributed by atoms with Crippen molar-refractivity contribution in [3.63, 3.8) is 0 Å². The maximum atomic E-state index is 12.0. The zero-order valence-electron chi connectivity index (χ0n) is 9.40. The highest BCUT2D eigenvalue weighted by atomic mass is 32.2. The molecule has 0 amide bonds. The number of nitrogens with one attached hydrogen (secondary N) is 1. The SMILES string of the molecule is Cc1cc(C)cc(S(=O)(=O)NC2CC2N)c1. The normalized spacial score (nSPS) is 24.4. The van der Waals surface area contributed by atoms with Crippen LogP contribution in [0.5, 0.6) is 0 Å². The molecule has 1 aliphatic carbocycles. The van der Waals surface area contributed by atoms with E-state index in [-0.39, 0.29) is 12.1 Å². The summed E-state index contributed by atoms with van der Waals surface area (Å²) >= 11 is 0. The van der Waals surface area contributed by atoms with Crippen LogP contribution in [-0.2, 0) is 10.0 Å². The van der Waals surface area contributed by atoms with Gasteiger partial charge >= 0.3 is 0 Å². The highest BCUT2D eigenvalue weighted by Crippen LogP contribution is 2.22. The summed E-state index contributed by atoms with van der Waals surface area (Å²) in [4.78, 5) is 0.323. The summed E-state index contributed by atoms with van der Waals surface area (Å²) in [5.74, 6) is 0. The van der Waals surface area contributed by atoms with Crippen LogP contribution in [-0.4, -0.2) is 20.5 Å². The second-order valence-corrected chi connectivity index (χ2v) is 6.16. The Morgan fingerprint density at radius 1 is 1.25 bits per heavy atom. The van der Waals surface area contributed by atoms with Gasteiger partial charge in [-0.1, -0.05) is 6.07 Å². The molecule has 1 fully saturated rings. The first kappa shape index (κ1) is 11.6. The van der Waals surface area contributed by atoms with Crippen LogP contribution in [0.25, 0.3) is 0 Å². The molecule has 0 spiro atoms. The number of benzene rings is 1. The lowest BCUT2D eigenvalue weighted by Crippen LogP contribution is -2.29. The molecule has 0 aliphatic heterocycles. The van der Waals surface area contributed by atoms with Crippen LogP contribution in [0.3, 0.4) is 0 Å². The van der Waals surface area contributed by atoms with Crippen molar-refractivity contribution in [3.05, 3.63) is 29.3 Å². The fourth-order valence-electron chi connectivity index (χ4n) is 1.71. The first-order valence-electron chi connectivity index (χ1n) is 5.25. The average Bonchev–Trinajstić information content (AvgIpc) is 2.78. The highest BCUT2D eigenvalue weighted by Gasteiger charge is 2.37. The lowest BCUT2D eigenvalue weighted by Gasteiger charge is -2.07. The minimum Gasteiger partial charge on any atom is -0.326 e. The molecular formula is C11H16N2O2S. The Bertz CT molecular complexity index is 490. The van der Waals surface area contributed by atoms with Gasteiger partial charge in [0.05, 0.1) is 4.90 Å². The third-order valence-electron chi connectivity index (χ3n) is 2.65. The largest absolute Gasteiger partial charge is 0.326 e. The third kappa shape index (κ3) is 2.42. The van der Waals surface area contributed by atoms with E-state index < -0.39 is 10.0 Å². The van der Waals surface area contributed by atoms with Crippen LogP contribution in [0.1, 0.15) is 17.5 Å². The standard InChI is InChI=1S/C11H16N2O2S/c1-7-3-8(2)5-9(4-7)16(14,15)13-11-6-10(11)12/h3-5,10-11,13H,6,12H2,1-2H3. The molecule has 88 valence electrons. The molecule has 0 heterocycles. The van der Waals surface area contributed by atoms with Crippen molar-refractivity contribution in [1.29, 1.82) is 0 Å². The van der Waals surface area contributed by atoms with E-state index in [2.05, 4.69) is 4.72 Å². The molecule has 0 radical (unpaired) electrons. The predicted octanol–water partition coefficient (Wildman–Crippen LogP) is 0.681. The predicted molar refractivity (Wildman–Crippen MR) is 62.6 cm³/mol. The molecule has 1 aromatic carbocycles. The Labute approximate surface area is 95.9 Å². The summed E-state index contributed by atoms with van der Waals surface area (Å²) in [7, 11) is -3.40. The van der Waals surface area contributed by atoms with Crippen LogP contribution in [0, 0.1) is 13.8 Å². The Hall–Kier alpha value is -0.910. The van der Waals surface area contributed by atoms with Crippen molar-refractivity contribution in [2.24, 2.45) is 5.73 Å². The van der Waals surface area contributed by atoms with Crippen LogP contribution in [0.15, 0.2) is 23.1 Å². The van der Waals surface area contributed by atoms with Gasteiger partial charge in [-0.15, -0.1) is 0 Å². The highest BCUT2D eigenvalue weighted by molar-refractivity contribution is 7.89. The van der Waals surface area contributed by atoms with E-state index in [1.807, 2.05) is 19.9 Å². The van der Waals surface area contributed by atoms with Gasteiger partial charge in [-0.05, 0) is 43.5 Å². The summed E-state index contributed by atoms with van der Waals surface area (Å²) < 4.78 is 26.5. The molecule has 2 atom stereocenters. The van der Waals surface area contributed by atoms with Crippen LogP contribution < -0.4 is 10.5 Å². The van der Waals surface area contributed by atoms with Crippen LogP contribution in [0.4, 0.5) is 0 Å². The van der Waals surface area contributed by atoms with Crippen molar-refractivity contribution in [3.8, 4) is 0 Å². The van der Waals surface area contributed by atoms with E-state index in [9.17, 15) is 8.42 Å². The molecule has 2 rings (SSSR count). The summed E-state index contributed by atoms with van der Waals surface area (Å²) in [6.07, 6.45) is 0.726.